The number of ether oxygens (including phenoxy) is 1. The van der Waals surface area contributed by atoms with Crippen LogP contribution in [-0.4, -0.2) is 16.3 Å². The number of rotatable bonds is 5. The number of hydrogen-bond acceptors (Lipinski definition) is 3. The molecule has 1 heterocycles. The molecule has 0 spiro atoms. The van der Waals surface area contributed by atoms with Crippen molar-refractivity contribution in [3.63, 3.8) is 0 Å². The first-order chi connectivity index (χ1) is 8.70. The van der Waals surface area contributed by atoms with Gasteiger partial charge in [0, 0.05) is 6.04 Å². The molecule has 0 radical (unpaired) electrons. The third-order valence-corrected chi connectivity index (χ3v) is 2.72. The van der Waals surface area contributed by atoms with E-state index in [9.17, 15) is 0 Å². The fraction of sp³-hybridized carbons (Fsp3) is 0.357. The third kappa shape index (κ3) is 2.90. The van der Waals surface area contributed by atoms with E-state index in [4.69, 9.17) is 10.5 Å². The van der Waals surface area contributed by atoms with Gasteiger partial charge in [-0.15, -0.1) is 0 Å². The van der Waals surface area contributed by atoms with Gasteiger partial charge in [-0.25, -0.2) is 0 Å². The van der Waals surface area contributed by atoms with E-state index in [0.717, 1.165) is 23.5 Å². The van der Waals surface area contributed by atoms with E-state index in [0.29, 0.717) is 12.6 Å². The number of aromatic nitrogens is 2. The van der Waals surface area contributed by atoms with E-state index in [1.54, 1.807) is 6.20 Å². The zero-order chi connectivity index (χ0) is 13.0. The highest BCUT2D eigenvalue weighted by Crippen LogP contribution is 2.25. The first kappa shape index (κ1) is 12.6. The first-order valence-corrected chi connectivity index (χ1v) is 6.20. The SMILES string of the molecule is CC(C)n1cc(Oc2ccccc2CCN)cn1. The fourth-order valence-corrected chi connectivity index (χ4v) is 1.75. The summed E-state index contributed by atoms with van der Waals surface area (Å²) in [6.45, 7) is 4.78. The molecule has 0 saturated carbocycles. The van der Waals surface area contributed by atoms with E-state index in [1.807, 2.05) is 35.1 Å². The molecule has 0 unspecified atom stereocenters. The molecule has 18 heavy (non-hydrogen) atoms. The van der Waals surface area contributed by atoms with Crippen LogP contribution in [0.1, 0.15) is 25.5 Å². The van der Waals surface area contributed by atoms with Crippen LogP contribution in [0.25, 0.3) is 0 Å². The highest BCUT2D eigenvalue weighted by molar-refractivity contribution is 5.36. The van der Waals surface area contributed by atoms with Crippen LogP contribution in [0.3, 0.4) is 0 Å². The molecule has 0 aliphatic carbocycles. The van der Waals surface area contributed by atoms with Crippen molar-refractivity contribution >= 4 is 0 Å². The minimum atomic E-state index is 0.335. The molecule has 0 saturated heterocycles. The van der Waals surface area contributed by atoms with Gasteiger partial charge in [0.05, 0.1) is 12.4 Å². The van der Waals surface area contributed by atoms with Gasteiger partial charge in [0.25, 0.3) is 0 Å². The van der Waals surface area contributed by atoms with E-state index in [2.05, 4.69) is 18.9 Å². The number of nitrogens with zero attached hydrogens (tertiary/aromatic N) is 2. The number of nitrogens with two attached hydrogens (primary N) is 1. The summed E-state index contributed by atoms with van der Waals surface area (Å²) in [4.78, 5) is 0. The van der Waals surface area contributed by atoms with E-state index < -0.39 is 0 Å². The topological polar surface area (TPSA) is 53.1 Å². The molecule has 0 amide bonds. The zero-order valence-electron chi connectivity index (χ0n) is 10.8. The van der Waals surface area contributed by atoms with Gasteiger partial charge >= 0.3 is 0 Å². The lowest BCUT2D eigenvalue weighted by molar-refractivity contribution is 0.471. The van der Waals surface area contributed by atoms with Crippen molar-refractivity contribution in [3.8, 4) is 11.5 Å². The summed E-state index contributed by atoms with van der Waals surface area (Å²) in [6, 6.07) is 8.28. The minimum Gasteiger partial charge on any atom is -0.454 e. The maximum absolute atomic E-state index is 5.85. The Balaban J connectivity index is 2.17. The molecule has 0 fully saturated rings. The Kier molecular flexibility index (Phi) is 3.99. The molecule has 1 aromatic heterocycles. The molecule has 96 valence electrons. The summed E-state index contributed by atoms with van der Waals surface area (Å²) < 4.78 is 7.73. The second-order valence-corrected chi connectivity index (χ2v) is 4.50. The van der Waals surface area contributed by atoms with E-state index in [1.165, 1.54) is 0 Å². The van der Waals surface area contributed by atoms with Crippen molar-refractivity contribution in [2.24, 2.45) is 5.73 Å². The fourth-order valence-electron chi connectivity index (χ4n) is 1.75. The Morgan fingerprint density at radius 2 is 2.11 bits per heavy atom. The summed E-state index contributed by atoms with van der Waals surface area (Å²) in [5, 5.41) is 4.25. The number of para-hydroxylation sites is 1. The molecule has 0 atom stereocenters. The van der Waals surface area contributed by atoms with E-state index in [-0.39, 0.29) is 0 Å². The Hall–Kier alpha value is -1.81. The molecule has 0 aliphatic heterocycles. The lowest BCUT2D eigenvalue weighted by atomic mass is 10.1. The molecule has 0 bridgehead atoms. The molecule has 4 heteroatoms. The van der Waals surface area contributed by atoms with Gasteiger partial charge in [0.2, 0.25) is 0 Å². The number of hydrogen-bond donors (Lipinski definition) is 1. The minimum absolute atomic E-state index is 0.335. The normalized spacial score (nSPS) is 10.9. The molecule has 2 aromatic rings. The summed E-state index contributed by atoms with van der Waals surface area (Å²) in [6.07, 6.45) is 4.46. The highest BCUT2D eigenvalue weighted by atomic mass is 16.5. The van der Waals surface area contributed by atoms with Crippen molar-refractivity contribution in [3.05, 3.63) is 42.2 Å². The Morgan fingerprint density at radius 3 is 2.78 bits per heavy atom. The van der Waals surface area contributed by atoms with Crippen molar-refractivity contribution in [2.45, 2.75) is 26.3 Å². The van der Waals surface area contributed by atoms with Crippen LogP contribution in [0.15, 0.2) is 36.7 Å². The maximum Gasteiger partial charge on any atom is 0.165 e. The molecule has 0 aliphatic rings. The largest absolute Gasteiger partial charge is 0.454 e. The summed E-state index contributed by atoms with van der Waals surface area (Å²) in [5.74, 6) is 1.61. The molecule has 1 aromatic carbocycles. The first-order valence-electron chi connectivity index (χ1n) is 6.20. The Bertz CT molecular complexity index is 505. The molecule has 2 N–H and O–H groups in total. The summed E-state index contributed by atoms with van der Waals surface area (Å²) in [5.41, 5.74) is 6.72. The maximum atomic E-state index is 5.85. The van der Waals surface area contributed by atoms with Gasteiger partial charge in [-0.05, 0) is 38.4 Å². The third-order valence-electron chi connectivity index (χ3n) is 2.72. The van der Waals surface area contributed by atoms with Gasteiger partial charge in [-0.2, -0.15) is 5.10 Å². The lowest BCUT2D eigenvalue weighted by Crippen LogP contribution is -2.03. The van der Waals surface area contributed by atoms with Crippen molar-refractivity contribution in [1.82, 2.24) is 9.78 Å². The van der Waals surface area contributed by atoms with Gasteiger partial charge in [0.15, 0.2) is 5.75 Å². The predicted molar refractivity (Wildman–Crippen MR) is 71.9 cm³/mol. The Morgan fingerprint density at radius 1 is 1.33 bits per heavy atom. The molecule has 4 nitrogen and oxygen atoms in total. The lowest BCUT2D eigenvalue weighted by Gasteiger charge is -2.08. The summed E-state index contributed by atoms with van der Waals surface area (Å²) in [7, 11) is 0. The smallest absolute Gasteiger partial charge is 0.165 e. The van der Waals surface area contributed by atoms with Gasteiger partial charge < -0.3 is 10.5 Å². The van der Waals surface area contributed by atoms with Crippen LogP contribution in [0.2, 0.25) is 0 Å². The van der Waals surface area contributed by atoms with E-state index >= 15 is 0 Å². The molecular weight excluding hydrogens is 226 g/mol. The van der Waals surface area contributed by atoms with Gasteiger partial charge in [-0.3, -0.25) is 4.68 Å². The standard InChI is InChI=1S/C14H19N3O/c1-11(2)17-10-13(9-16-17)18-14-6-4-3-5-12(14)7-8-15/h3-6,9-11H,7-8,15H2,1-2H3. The summed E-state index contributed by atoms with van der Waals surface area (Å²) >= 11 is 0. The van der Waals surface area contributed by atoms with Gasteiger partial charge in [-0.1, -0.05) is 18.2 Å². The van der Waals surface area contributed by atoms with Crippen LogP contribution in [-0.2, 0) is 6.42 Å². The molecular formula is C14H19N3O. The number of benzene rings is 1. The van der Waals surface area contributed by atoms with Crippen LogP contribution in [0.4, 0.5) is 0 Å². The second kappa shape index (κ2) is 5.69. The highest BCUT2D eigenvalue weighted by Gasteiger charge is 2.06. The van der Waals surface area contributed by atoms with Crippen molar-refractivity contribution < 1.29 is 4.74 Å². The Labute approximate surface area is 107 Å². The predicted octanol–water partition coefficient (Wildman–Crippen LogP) is 2.76. The van der Waals surface area contributed by atoms with Crippen LogP contribution in [0.5, 0.6) is 11.5 Å². The van der Waals surface area contributed by atoms with Crippen LogP contribution >= 0.6 is 0 Å². The monoisotopic (exact) mass is 245 g/mol. The second-order valence-electron chi connectivity index (χ2n) is 4.50. The van der Waals surface area contributed by atoms with Gasteiger partial charge in [0.1, 0.15) is 5.75 Å². The van der Waals surface area contributed by atoms with Crippen molar-refractivity contribution in [1.29, 1.82) is 0 Å². The van der Waals surface area contributed by atoms with Crippen LogP contribution in [0, 0.1) is 0 Å². The average molecular weight is 245 g/mol. The van der Waals surface area contributed by atoms with Crippen molar-refractivity contribution in [2.75, 3.05) is 6.54 Å². The average Bonchev–Trinajstić information content (AvgIpc) is 2.81. The zero-order valence-corrected chi connectivity index (χ0v) is 10.8. The quantitative estimate of drug-likeness (QED) is 0.881. The van der Waals surface area contributed by atoms with Crippen LogP contribution < -0.4 is 10.5 Å². The molecule has 2 rings (SSSR count).